The second-order valence-electron chi connectivity index (χ2n) is 4.03. The Balaban J connectivity index is 2.93. The zero-order valence-electron chi connectivity index (χ0n) is 10.2. The summed E-state index contributed by atoms with van der Waals surface area (Å²) in [6.45, 7) is 3.85. The van der Waals surface area contributed by atoms with E-state index in [0.29, 0.717) is 5.56 Å². The van der Waals surface area contributed by atoms with Gasteiger partial charge in [-0.1, -0.05) is 38.0 Å². The largest absolute Gasteiger partial charge is 0.507 e. The van der Waals surface area contributed by atoms with E-state index in [1.165, 1.54) is 6.07 Å². The molecule has 0 aliphatic rings. The molecule has 0 bridgehead atoms. The number of aromatic hydroxyl groups is 1. The zero-order valence-corrected chi connectivity index (χ0v) is 10.2. The van der Waals surface area contributed by atoms with Crippen molar-refractivity contribution >= 4 is 12.0 Å². The molecule has 17 heavy (non-hydrogen) atoms. The summed E-state index contributed by atoms with van der Waals surface area (Å²) in [5.41, 5.74) is 1.43. The van der Waals surface area contributed by atoms with Crippen LogP contribution >= 0.6 is 0 Å². The minimum Gasteiger partial charge on any atom is -0.507 e. The van der Waals surface area contributed by atoms with Crippen LogP contribution in [0.1, 0.15) is 47.7 Å². The third-order valence-corrected chi connectivity index (χ3v) is 2.73. The molecule has 0 aliphatic carbocycles. The maximum absolute atomic E-state index is 10.8. The van der Waals surface area contributed by atoms with E-state index in [1.54, 1.807) is 13.0 Å². The number of allylic oxidation sites excluding steroid dienone is 1. The molecule has 0 spiro atoms. The Hall–Kier alpha value is -1.77. The maximum atomic E-state index is 10.8. The molecule has 2 N–H and O–H groups in total. The van der Waals surface area contributed by atoms with Gasteiger partial charge in [0, 0.05) is 0 Å². The van der Waals surface area contributed by atoms with Gasteiger partial charge in [-0.2, -0.15) is 0 Å². The summed E-state index contributed by atoms with van der Waals surface area (Å²) in [6, 6.07) is 3.16. The maximum Gasteiger partial charge on any atom is 0.339 e. The Morgan fingerprint density at radius 2 is 2.12 bits per heavy atom. The van der Waals surface area contributed by atoms with Crippen molar-refractivity contribution in [1.82, 2.24) is 0 Å². The van der Waals surface area contributed by atoms with Crippen molar-refractivity contribution in [3.05, 3.63) is 34.9 Å². The van der Waals surface area contributed by atoms with Crippen LogP contribution in [-0.4, -0.2) is 16.2 Å². The average Bonchev–Trinajstić information content (AvgIpc) is 2.29. The molecule has 92 valence electrons. The van der Waals surface area contributed by atoms with Crippen LogP contribution in [0.25, 0.3) is 6.08 Å². The van der Waals surface area contributed by atoms with Crippen molar-refractivity contribution in [2.24, 2.45) is 0 Å². The summed E-state index contributed by atoms with van der Waals surface area (Å²) in [7, 11) is 0. The minimum absolute atomic E-state index is 0.0480. The number of unbranched alkanes of at least 4 members (excludes halogenated alkanes) is 2. The summed E-state index contributed by atoms with van der Waals surface area (Å²) >= 11 is 0. The van der Waals surface area contributed by atoms with Gasteiger partial charge < -0.3 is 10.2 Å². The summed E-state index contributed by atoms with van der Waals surface area (Å²) in [5, 5.41) is 18.6. The van der Waals surface area contributed by atoms with Gasteiger partial charge in [-0.05, 0) is 30.5 Å². The van der Waals surface area contributed by atoms with Crippen LogP contribution in [0.5, 0.6) is 5.75 Å². The smallest absolute Gasteiger partial charge is 0.339 e. The van der Waals surface area contributed by atoms with E-state index in [0.717, 1.165) is 24.8 Å². The number of hydrogen-bond acceptors (Lipinski definition) is 2. The second-order valence-corrected chi connectivity index (χ2v) is 4.03. The van der Waals surface area contributed by atoms with Crippen LogP contribution in [0.2, 0.25) is 0 Å². The first-order chi connectivity index (χ1) is 8.07. The van der Waals surface area contributed by atoms with Crippen LogP contribution in [0, 0.1) is 6.92 Å². The molecule has 1 aromatic carbocycles. The summed E-state index contributed by atoms with van der Waals surface area (Å²) in [6.07, 6.45) is 7.25. The van der Waals surface area contributed by atoms with Gasteiger partial charge in [0.1, 0.15) is 11.3 Å². The van der Waals surface area contributed by atoms with Crippen molar-refractivity contribution < 1.29 is 15.0 Å². The molecule has 0 aromatic heterocycles. The first-order valence-electron chi connectivity index (χ1n) is 5.80. The Bertz CT molecular complexity index is 433. The van der Waals surface area contributed by atoms with Crippen LogP contribution in [-0.2, 0) is 0 Å². The highest BCUT2D eigenvalue weighted by Gasteiger charge is 2.12. The second kappa shape index (κ2) is 6.09. The van der Waals surface area contributed by atoms with Crippen LogP contribution in [0.3, 0.4) is 0 Å². The van der Waals surface area contributed by atoms with Crippen molar-refractivity contribution in [3.8, 4) is 5.75 Å². The number of aromatic carboxylic acids is 1. The number of carboxylic acids is 1. The first-order valence-corrected chi connectivity index (χ1v) is 5.80. The van der Waals surface area contributed by atoms with Crippen molar-refractivity contribution in [3.63, 3.8) is 0 Å². The fourth-order valence-corrected chi connectivity index (χ4v) is 1.60. The topological polar surface area (TPSA) is 57.5 Å². The normalized spacial score (nSPS) is 10.9. The zero-order chi connectivity index (χ0) is 12.8. The van der Waals surface area contributed by atoms with Gasteiger partial charge in [0.15, 0.2) is 0 Å². The Morgan fingerprint density at radius 1 is 1.41 bits per heavy atom. The summed E-state index contributed by atoms with van der Waals surface area (Å²) in [4.78, 5) is 10.8. The summed E-state index contributed by atoms with van der Waals surface area (Å²) < 4.78 is 0. The molecule has 0 radical (unpaired) electrons. The predicted molar refractivity (Wildman–Crippen MR) is 68.4 cm³/mol. The molecule has 0 fully saturated rings. The van der Waals surface area contributed by atoms with Crippen molar-refractivity contribution in [2.75, 3.05) is 0 Å². The average molecular weight is 234 g/mol. The van der Waals surface area contributed by atoms with Gasteiger partial charge in [0.2, 0.25) is 0 Å². The van der Waals surface area contributed by atoms with Gasteiger partial charge in [0.25, 0.3) is 0 Å². The SMILES string of the molecule is CCCC/C=C\c1ccc(C(=O)O)c(O)c1C. The van der Waals surface area contributed by atoms with E-state index in [9.17, 15) is 9.90 Å². The molecule has 0 saturated heterocycles. The molecule has 1 rings (SSSR count). The number of benzene rings is 1. The van der Waals surface area contributed by atoms with Crippen molar-refractivity contribution in [1.29, 1.82) is 0 Å². The van der Waals surface area contributed by atoms with E-state index < -0.39 is 5.97 Å². The van der Waals surface area contributed by atoms with Gasteiger partial charge >= 0.3 is 5.97 Å². The lowest BCUT2D eigenvalue weighted by Gasteiger charge is -2.06. The third-order valence-electron chi connectivity index (χ3n) is 2.73. The van der Waals surface area contributed by atoms with Crippen LogP contribution in [0.15, 0.2) is 18.2 Å². The van der Waals surface area contributed by atoms with E-state index in [4.69, 9.17) is 5.11 Å². The predicted octanol–water partition coefficient (Wildman–Crippen LogP) is 3.60. The third kappa shape index (κ3) is 3.34. The van der Waals surface area contributed by atoms with E-state index in [2.05, 4.69) is 6.92 Å². The van der Waals surface area contributed by atoms with Gasteiger partial charge in [0.05, 0.1) is 0 Å². The van der Waals surface area contributed by atoms with Gasteiger partial charge in [-0.15, -0.1) is 0 Å². The first kappa shape index (κ1) is 13.3. The molecule has 0 heterocycles. The van der Waals surface area contributed by atoms with Gasteiger partial charge in [-0.25, -0.2) is 4.79 Å². The lowest BCUT2D eigenvalue weighted by atomic mass is 10.0. The molecule has 0 aliphatic heterocycles. The van der Waals surface area contributed by atoms with E-state index >= 15 is 0 Å². The van der Waals surface area contributed by atoms with Gasteiger partial charge in [-0.3, -0.25) is 0 Å². The number of hydrogen-bond donors (Lipinski definition) is 2. The monoisotopic (exact) mass is 234 g/mol. The lowest BCUT2D eigenvalue weighted by molar-refractivity contribution is 0.0693. The quantitative estimate of drug-likeness (QED) is 0.765. The molecule has 3 heteroatoms. The Kier molecular flexibility index (Phi) is 4.76. The molecular formula is C14H18O3. The van der Waals surface area contributed by atoms with E-state index in [1.807, 2.05) is 12.2 Å². The highest BCUT2D eigenvalue weighted by molar-refractivity contribution is 5.91. The highest BCUT2D eigenvalue weighted by atomic mass is 16.4. The highest BCUT2D eigenvalue weighted by Crippen LogP contribution is 2.26. The van der Waals surface area contributed by atoms with Crippen LogP contribution < -0.4 is 0 Å². The summed E-state index contributed by atoms with van der Waals surface area (Å²) in [5.74, 6) is -1.25. The molecule has 0 atom stereocenters. The fourth-order valence-electron chi connectivity index (χ4n) is 1.60. The number of phenols is 1. The number of carboxylic acid groups (broad SMARTS) is 1. The molecular weight excluding hydrogens is 216 g/mol. The lowest BCUT2D eigenvalue weighted by Crippen LogP contribution is -1.98. The molecule has 0 unspecified atom stereocenters. The molecule has 0 amide bonds. The molecule has 3 nitrogen and oxygen atoms in total. The number of rotatable bonds is 5. The fraction of sp³-hybridized carbons (Fsp3) is 0.357. The molecule has 0 saturated carbocycles. The Morgan fingerprint density at radius 3 is 2.71 bits per heavy atom. The van der Waals surface area contributed by atoms with Crippen molar-refractivity contribution in [2.45, 2.75) is 33.1 Å². The number of carbonyl (C=O) groups is 1. The standard InChI is InChI=1S/C14H18O3/c1-3-4-5-6-7-11-8-9-12(14(16)17)13(15)10(11)2/h6-9,15H,3-5H2,1-2H3,(H,16,17)/b7-6-. The van der Waals surface area contributed by atoms with Crippen LogP contribution in [0.4, 0.5) is 0 Å². The molecule has 1 aromatic rings. The minimum atomic E-state index is -1.10. The Labute approximate surface area is 101 Å². The van der Waals surface area contributed by atoms with E-state index in [-0.39, 0.29) is 11.3 Å².